The minimum atomic E-state index is -4.72. The Morgan fingerprint density at radius 3 is 2.47 bits per heavy atom. The Morgan fingerprint density at radius 2 is 1.85 bits per heavy atom. The smallest absolute Gasteiger partial charge is 0.465 e. The van der Waals surface area contributed by atoms with Crippen molar-refractivity contribution in [3.8, 4) is 5.75 Å². The van der Waals surface area contributed by atoms with Crippen molar-refractivity contribution in [2.45, 2.75) is 58.9 Å². The first-order valence-electron chi connectivity index (χ1n) is 11.4. The third kappa shape index (κ3) is 5.37. The number of imidazole rings is 1. The summed E-state index contributed by atoms with van der Waals surface area (Å²) in [5.74, 6) is 0.685. The Morgan fingerprint density at radius 1 is 1.15 bits per heavy atom. The lowest BCUT2D eigenvalue weighted by atomic mass is 9.70. The molecule has 0 radical (unpaired) electrons. The van der Waals surface area contributed by atoms with E-state index in [2.05, 4.69) is 30.1 Å². The van der Waals surface area contributed by atoms with Crippen molar-refractivity contribution in [3.05, 3.63) is 59.4 Å². The van der Waals surface area contributed by atoms with Crippen molar-refractivity contribution in [2.24, 2.45) is 11.3 Å². The van der Waals surface area contributed by atoms with Gasteiger partial charge in [0.05, 0.1) is 23.7 Å². The molecule has 5 nitrogen and oxygen atoms in total. The van der Waals surface area contributed by atoms with Gasteiger partial charge in [-0.25, -0.2) is 9.78 Å². The molecule has 2 atom stereocenters. The molecule has 1 aliphatic rings. The molecule has 1 aromatic heterocycles. The van der Waals surface area contributed by atoms with E-state index in [1.54, 1.807) is 24.3 Å². The molecule has 0 amide bonds. The van der Waals surface area contributed by atoms with Gasteiger partial charge in [0.25, 0.3) is 0 Å². The molecule has 0 saturated heterocycles. The molecule has 0 aliphatic heterocycles. The first kappa shape index (κ1) is 24.1. The number of rotatable bonds is 5. The highest BCUT2D eigenvalue weighted by Crippen LogP contribution is 2.45. The van der Waals surface area contributed by atoms with E-state index in [9.17, 15) is 18.0 Å². The number of benzene rings is 2. The maximum Gasteiger partial charge on any atom is 0.573 e. The Labute approximate surface area is 196 Å². The van der Waals surface area contributed by atoms with Gasteiger partial charge in [-0.15, -0.1) is 13.2 Å². The number of hydrogen-bond acceptors (Lipinski definition) is 4. The van der Waals surface area contributed by atoms with Crippen LogP contribution in [0, 0.1) is 11.3 Å². The number of esters is 1. The Hall–Kier alpha value is -3.03. The number of halogens is 3. The van der Waals surface area contributed by atoms with Crippen LogP contribution in [0.25, 0.3) is 11.0 Å². The molecule has 0 unspecified atom stereocenters. The highest BCUT2D eigenvalue weighted by molar-refractivity contribution is 5.93. The van der Waals surface area contributed by atoms with E-state index < -0.39 is 12.3 Å². The molecular formula is C26H29F3N2O3. The maximum atomic E-state index is 12.5. The largest absolute Gasteiger partial charge is 0.573 e. The zero-order chi connectivity index (χ0) is 24.7. The minimum Gasteiger partial charge on any atom is -0.465 e. The van der Waals surface area contributed by atoms with Crippen molar-refractivity contribution in [2.75, 3.05) is 7.11 Å². The van der Waals surface area contributed by atoms with Crippen LogP contribution >= 0.6 is 0 Å². The zero-order valence-corrected chi connectivity index (χ0v) is 19.8. The van der Waals surface area contributed by atoms with Gasteiger partial charge >= 0.3 is 12.3 Å². The SMILES string of the molecule is COC(=O)c1ccc2c(c1)nc(Cc1ccc(OC(F)(F)F)cc1)n2[C@H]1C[C@@H](C)CC(C)(C)C1. The summed E-state index contributed by atoms with van der Waals surface area (Å²) < 4.78 is 48.6. The summed E-state index contributed by atoms with van der Waals surface area (Å²) in [6, 6.07) is 11.5. The molecule has 3 aromatic rings. The van der Waals surface area contributed by atoms with Gasteiger partial charge < -0.3 is 14.0 Å². The standard InChI is InChI=1S/C26H29F3N2O3/c1-16-11-19(15-25(2,3)14-16)31-22-10-7-18(24(32)33-4)13-21(22)30-23(31)12-17-5-8-20(9-6-17)34-26(27,28)29/h5-10,13,16,19H,11-12,14-15H2,1-4H3/t16-,19+/m1/s1. The molecule has 182 valence electrons. The second-order valence-electron chi connectivity index (χ2n) is 10.0. The van der Waals surface area contributed by atoms with Crippen molar-refractivity contribution in [1.29, 1.82) is 0 Å². The molecule has 4 rings (SSSR count). The summed E-state index contributed by atoms with van der Waals surface area (Å²) in [4.78, 5) is 16.9. The summed E-state index contributed by atoms with van der Waals surface area (Å²) in [5.41, 5.74) is 3.07. The summed E-state index contributed by atoms with van der Waals surface area (Å²) in [6.07, 6.45) is -1.12. The van der Waals surface area contributed by atoms with E-state index >= 15 is 0 Å². The molecule has 1 heterocycles. The van der Waals surface area contributed by atoms with E-state index in [0.717, 1.165) is 36.2 Å². The van der Waals surface area contributed by atoms with Crippen LogP contribution in [-0.2, 0) is 11.2 Å². The van der Waals surface area contributed by atoms with Crippen LogP contribution in [0.2, 0.25) is 0 Å². The monoisotopic (exact) mass is 474 g/mol. The lowest BCUT2D eigenvalue weighted by molar-refractivity contribution is -0.274. The fourth-order valence-corrected chi connectivity index (χ4v) is 5.41. The maximum absolute atomic E-state index is 12.5. The third-order valence-electron chi connectivity index (χ3n) is 6.43. The van der Waals surface area contributed by atoms with Gasteiger partial charge in [-0.05, 0) is 66.5 Å². The van der Waals surface area contributed by atoms with Gasteiger partial charge in [-0.2, -0.15) is 0 Å². The number of ether oxygens (including phenoxy) is 2. The minimum absolute atomic E-state index is 0.179. The topological polar surface area (TPSA) is 53.4 Å². The first-order chi connectivity index (χ1) is 15.9. The van der Waals surface area contributed by atoms with Gasteiger partial charge in [0.15, 0.2) is 0 Å². The lowest BCUT2D eigenvalue weighted by Crippen LogP contribution is -2.30. The predicted octanol–water partition coefficient (Wildman–Crippen LogP) is 6.70. The van der Waals surface area contributed by atoms with Crippen LogP contribution in [0.15, 0.2) is 42.5 Å². The van der Waals surface area contributed by atoms with Gasteiger partial charge in [-0.1, -0.05) is 32.9 Å². The second kappa shape index (κ2) is 8.96. The normalized spacial score (nSPS) is 20.3. The Kier molecular flexibility index (Phi) is 6.36. The summed E-state index contributed by atoms with van der Waals surface area (Å²) in [5, 5.41) is 0. The van der Waals surface area contributed by atoms with Gasteiger partial charge in [0.1, 0.15) is 11.6 Å². The summed E-state index contributed by atoms with van der Waals surface area (Å²) >= 11 is 0. The van der Waals surface area contributed by atoms with E-state index in [4.69, 9.17) is 9.72 Å². The molecule has 34 heavy (non-hydrogen) atoms. The van der Waals surface area contributed by atoms with Crippen LogP contribution in [0.5, 0.6) is 5.75 Å². The quantitative estimate of drug-likeness (QED) is 0.386. The average Bonchev–Trinajstić information content (AvgIpc) is 3.09. The molecule has 2 aromatic carbocycles. The summed E-state index contributed by atoms with van der Waals surface area (Å²) in [7, 11) is 1.34. The first-order valence-corrected chi connectivity index (χ1v) is 11.4. The number of carbonyl (C=O) groups excluding carboxylic acids is 1. The molecule has 1 fully saturated rings. The van der Waals surface area contributed by atoms with Crippen molar-refractivity contribution < 1.29 is 27.4 Å². The second-order valence-corrected chi connectivity index (χ2v) is 10.0. The van der Waals surface area contributed by atoms with Crippen LogP contribution in [0.1, 0.15) is 67.8 Å². The fraction of sp³-hybridized carbons (Fsp3) is 0.462. The number of fused-ring (bicyclic) bond motifs is 1. The third-order valence-corrected chi connectivity index (χ3v) is 6.43. The number of alkyl halides is 3. The number of carbonyl (C=O) groups is 1. The van der Waals surface area contributed by atoms with E-state index in [1.165, 1.54) is 19.2 Å². The molecule has 1 saturated carbocycles. The molecule has 0 spiro atoms. The van der Waals surface area contributed by atoms with E-state index in [1.807, 2.05) is 6.07 Å². The van der Waals surface area contributed by atoms with Crippen molar-refractivity contribution in [1.82, 2.24) is 9.55 Å². The van der Waals surface area contributed by atoms with E-state index in [0.29, 0.717) is 23.4 Å². The Bertz CT molecular complexity index is 1180. The van der Waals surface area contributed by atoms with Crippen LogP contribution in [-0.4, -0.2) is 29.0 Å². The molecule has 0 bridgehead atoms. The number of hydrogen-bond donors (Lipinski definition) is 0. The predicted molar refractivity (Wildman–Crippen MR) is 123 cm³/mol. The average molecular weight is 475 g/mol. The Balaban J connectivity index is 1.73. The molecule has 1 aliphatic carbocycles. The highest BCUT2D eigenvalue weighted by atomic mass is 19.4. The number of aromatic nitrogens is 2. The number of nitrogens with zero attached hydrogens (tertiary/aromatic N) is 2. The van der Waals surface area contributed by atoms with Gasteiger partial charge in [0, 0.05) is 12.5 Å². The van der Waals surface area contributed by atoms with E-state index in [-0.39, 0.29) is 17.2 Å². The van der Waals surface area contributed by atoms with Crippen LogP contribution in [0.4, 0.5) is 13.2 Å². The molecular weight excluding hydrogens is 445 g/mol. The lowest BCUT2D eigenvalue weighted by Gasteiger charge is -2.40. The molecule has 0 N–H and O–H groups in total. The summed E-state index contributed by atoms with van der Waals surface area (Å²) in [6.45, 7) is 6.83. The van der Waals surface area contributed by atoms with Gasteiger partial charge in [0.2, 0.25) is 0 Å². The van der Waals surface area contributed by atoms with Crippen LogP contribution < -0.4 is 4.74 Å². The van der Waals surface area contributed by atoms with Crippen molar-refractivity contribution >= 4 is 17.0 Å². The van der Waals surface area contributed by atoms with Crippen LogP contribution in [0.3, 0.4) is 0 Å². The highest BCUT2D eigenvalue weighted by Gasteiger charge is 2.35. The van der Waals surface area contributed by atoms with Gasteiger partial charge in [-0.3, -0.25) is 0 Å². The fourth-order valence-electron chi connectivity index (χ4n) is 5.41. The zero-order valence-electron chi connectivity index (χ0n) is 19.8. The molecule has 8 heteroatoms. The van der Waals surface area contributed by atoms with Crippen molar-refractivity contribution in [3.63, 3.8) is 0 Å². The number of methoxy groups -OCH3 is 1.